The van der Waals surface area contributed by atoms with Crippen molar-refractivity contribution in [2.45, 2.75) is 11.8 Å². The molecule has 0 spiro atoms. The van der Waals surface area contributed by atoms with Crippen molar-refractivity contribution in [3.8, 4) is 11.9 Å². The molecule has 0 aliphatic heterocycles. The molecule has 0 saturated carbocycles. The van der Waals surface area contributed by atoms with Gasteiger partial charge < -0.3 is 14.8 Å². The van der Waals surface area contributed by atoms with Crippen LogP contribution < -0.4 is 19.5 Å². The molecule has 0 saturated heterocycles. The number of amides is 1. The third-order valence-corrected chi connectivity index (χ3v) is 4.22. The van der Waals surface area contributed by atoms with E-state index in [4.69, 9.17) is 9.47 Å². The Hall–Kier alpha value is -2.88. The highest BCUT2D eigenvalue weighted by Gasteiger charge is 2.18. The lowest BCUT2D eigenvalue weighted by Gasteiger charge is -2.11. The quantitative estimate of drug-likeness (QED) is 0.803. The number of nitrogens with zero attached hydrogens (tertiary/aromatic N) is 2. The summed E-state index contributed by atoms with van der Waals surface area (Å²) in [5.74, 6) is -0.218. The van der Waals surface area contributed by atoms with Crippen molar-refractivity contribution in [2.75, 3.05) is 24.3 Å². The van der Waals surface area contributed by atoms with Gasteiger partial charge in [0.2, 0.25) is 11.8 Å². The number of ether oxygens (including phenoxy) is 2. The molecule has 0 aliphatic rings. The first-order valence-corrected chi connectivity index (χ1v) is 8.19. The van der Waals surface area contributed by atoms with Crippen LogP contribution in [-0.2, 0) is 14.8 Å². The number of anilines is 2. The molecule has 0 bridgehead atoms. The van der Waals surface area contributed by atoms with Crippen LogP contribution in [0.4, 0.5) is 11.4 Å². The van der Waals surface area contributed by atoms with Crippen LogP contribution in [-0.4, -0.2) is 38.5 Å². The van der Waals surface area contributed by atoms with Crippen LogP contribution in [0.5, 0.6) is 11.9 Å². The van der Waals surface area contributed by atoms with Gasteiger partial charge in [0.05, 0.1) is 25.3 Å². The molecule has 0 unspecified atom stereocenters. The Morgan fingerprint density at radius 2 is 1.79 bits per heavy atom. The Kier molecular flexibility index (Phi) is 5.19. The SMILES string of the molecule is COc1ncc(NS(=O)(=O)c2ccc(NC(C)=O)cc2)c(OC)n1. The van der Waals surface area contributed by atoms with Crippen LogP contribution >= 0.6 is 0 Å². The molecule has 1 heterocycles. The zero-order valence-corrected chi connectivity index (χ0v) is 14.0. The van der Waals surface area contributed by atoms with Gasteiger partial charge in [0, 0.05) is 12.6 Å². The van der Waals surface area contributed by atoms with Crippen molar-refractivity contribution in [3.05, 3.63) is 30.5 Å². The fourth-order valence-electron chi connectivity index (χ4n) is 1.80. The van der Waals surface area contributed by atoms with E-state index in [1.165, 1.54) is 51.6 Å². The lowest BCUT2D eigenvalue weighted by atomic mass is 10.3. The first kappa shape index (κ1) is 17.5. The molecular formula is C14H16N4O5S. The molecule has 2 N–H and O–H groups in total. The van der Waals surface area contributed by atoms with Crippen molar-refractivity contribution in [3.63, 3.8) is 0 Å². The fraction of sp³-hybridized carbons (Fsp3) is 0.214. The third-order valence-electron chi connectivity index (χ3n) is 2.84. The molecule has 0 aliphatic carbocycles. The summed E-state index contributed by atoms with van der Waals surface area (Å²) in [4.78, 5) is 18.7. The first-order chi connectivity index (χ1) is 11.4. The Balaban J connectivity index is 2.26. The van der Waals surface area contributed by atoms with Gasteiger partial charge in [-0.1, -0.05) is 0 Å². The number of hydrogen-bond donors (Lipinski definition) is 2. The van der Waals surface area contributed by atoms with E-state index < -0.39 is 10.0 Å². The standard InChI is InChI=1S/C14H16N4O5S/c1-9(19)16-10-4-6-11(7-5-10)24(20,21)18-12-8-15-14(23-3)17-13(12)22-2/h4-8,18H,1-3H3,(H,16,19). The van der Waals surface area contributed by atoms with Gasteiger partial charge in [0.1, 0.15) is 5.69 Å². The molecule has 2 rings (SSSR count). The van der Waals surface area contributed by atoms with E-state index in [1.54, 1.807) is 0 Å². The van der Waals surface area contributed by atoms with Crippen molar-refractivity contribution in [1.82, 2.24) is 9.97 Å². The van der Waals surface area contributed by atoms with Crippen LogP contribution in [0.2, 0.25) is 0 Å². The fourth-order valence-corrected chi connectivity index (χ4v) is 2.84. The topological polar surface area (TPSA) is 120 Å². The number of carbonyl (C=O) groups is 1. The Morgan fingerprint density at radius 1 is 1.12 bits per heavy atom. The summed E-state index contributed by atoms with van der Waals surface area (Å²) in [6.07, 6.45) is 1.24. The minimum absolute atomic E-state index is 0.00877. The van der Waals surface area contributed by atoms with Gasteiger partial charge in [0.25, 0.3) is 10.0 Å². The van der Waals surface area contributed by atoms with Crippen LogP contribution in [0.15, 0.2) is 35.4 Å². The Morgan fingerprint density at radius 3 is 2.33 bits per heavy atom. The molecule has 0 radical (unpaired) electrons. The van der Waals surface area contributed by atoms with Gasteiger partial charge in [-0.2, -0.15) is 4.98 Å². The lowest BCUT2D eigenvalue weighted by molar-refractivity contribution is -0.114. The molecule has 1 amide bonds. The predicted molar refractivity (Wildman–Crippen MR) is 86.7 cm³/mol. The van der Waals surface area contributed by atoms with E-state index in [0.717, 1.165) is 0 Å². The zero-order valence-electron chi connectivity index (χ0n) is 13.2. The largest absolute Gasteiger partial charge is 0.479 e. The lowest BCUT2D eigenvalue weighted by Crippen LogP contribution is -2.15. The number of benzene rings is 1. The molecule has 1 aromatic carbocycles. The van der Waals surface area contributed by atoms with Gasteiger partial charge in [-0.05, 0) is 24.3 Å². The summed E-state index contributed by atoms with van der Waals surface area (Å²) < 4.78 is 37.1. The second kappa shape index (κ2) is 7.13. The maximum absolute atomic E-state index is 12.4. The summed E-state index contributed by atoms with van der Waals surface area (Å²) in [7, 11) is -1.14. The molecule has 10 heteroatoms. The number of sulfonamides is 1. The number of methoxy groups -OCH3 is 2. The predicted octanol–water partition coefficient (Wildman–Crippen LogP) is 1.25. The van der Waals surface area contributed by atoms with Gasteiger partial charge in [0.15, 0.2) is 0 Å². The van der Waals surface area contributed by atoms with Crippen molar-refractivity contribution in [1.29, 1.82) is 0 Å². The van der Waals surface area contributed by atoms with E-state index in [-0.39, 0.29) is 28.4 Å². The number of nitrogens with one attached hydrogen (secondary N) is 2. The molecule has 2 aromatic rings. The molecule has 1 aromatic heterocycles. The van der Waals surface area contributed by atoms with Crippen molar-refractivity contribution >= 4 is 27.3 Å². The molecule has 9 nitrogen and oxygen atoms in total. The van der Waals surface area contributed by atoms with E-state index in [1.807, 2.05) is 0 Å². The Bertz CT molecular complexity index is 837. The highest BCUT2D eigenvalue weighted by atomic mass is 32.2. The zero-order chi connectivity index (χ0) is 17.7. The summed E-state index contributed by atoms with van der Waals surface area (Å²) in [5, 5.41) is 2.56. The minimum Gasteiger partial charge on any atom is -0.479 e. The molecule has 0 fully saturated rings. The average Bonchev–Trinajstić information content (AvgIpc) is 2.55. The normalized spacial score (nSPS) is 10.8. The molecule has 128 valence electrons. The number of rotatable bonds is 6. The average molecular weight is 352 g/mol. The first-order valence-electron chi connectivity index (χ1n) is 6.71. The Labute approximate surface area is 139 Å². The van der Waals surface area contributed by atoms with Gasteiger partial charge in [-0.3, -0.25) is 9.52 Å². The van der Waals surface area contributed by atoms with Crippen LogP contribution in [0.1, 0.15) is 6.92 Å². The smallest absolute Gasteiger partial charge is 0.319 e. The second-order valence-corrected chi connectivity index (χ2v) is 6.27. The number of hydrogen-bond acceptors (Lipinski definition) is 7. The van der Waals surface area contributed by atoms with E-state index in [9.17, 15) is 13.2 Å². The van der Waals surface area contributed by atoms with Crippen molar-refractivity contribution < 1.29 is 22.7 Å². The summed E-state index contributed by atoms with van der Waals surface area (Å²) in [6.45, 7) is 1.36. The van der Waals surface area contributed by atoms with E-state index in [0.29, 0.717) is 5.69 Å². The maximum atomic E-state index is 12.4. The van der Waals surface area contributed by atoms with Crippen LogP contribution in [0.25, 0.3) is 0 Å². The molecular weight excluding hydrogens is 336 g/mol. The summed E-state index contributed by atoms with van der Waals surface area (Å²) in [5.41, 5.74) is 0.566. The highest BCUT2D eigenvalue weighted by molar-refractivity contribution is 7.92. The van der Waals surface area contributed by atoms with Crippen LogP contribution in [0.3, 0.4) is 0 Å². The maximum Gasteiger partial charge on any atom is 0.319 e. The van der Waals surface area contributed by atoms with Gasteiger partial charge in [-0.25, -0.2) is 13.4 Å². The van der Waals surface area contributed by atoms with E-state index in [2.05, 4.69) is 20.0 Å². The van der Waals surface area contributed by atoms with Gasteiger partial charge >= 0.3 is 6.01 Å². The number of aromatic nitrogens is 2. The molecule has 24 heavy (non-hydrogen) atoms. The number of carbonyl (C=O) groups excluding carboxylic acids is 1. The van der Waals surface area contributed by atoms with E-state index >= 15 is 0 Å². The summed E-state index contributed by atoms with van der Waals surface area (Å²) >= 11 is 0. The highest BCUT2D eigenvalue weighted by Crippen LogP contribution is 2.25. The van der Waals surface area contributed by atoms with Crippen LogP contribution in [0, 0.1) is 0 Å². The molecule has 0 atom stereocenters. The second-order valence-electron chi connectivity index (χ2n) is 4.59. The van der Waals surface area contributed by atoms with Crippen molar-refractivity contribution in [2.24, 2.45) is 0 Å². The third kappa shape index (κ3) is 4.10. The van der Waals surface area contributed by atoms with Gasteiger partial charge in [-0.15, -0.1) is 0 Å². The minimum atomic E-state index is -3.87. The summed E-state index contributed by atoms with van der Waals surface area (Å²) in [6, 6.07) is 5.75. The monoisotopic (exact) mass is 352 g/mol.